The van der Waals surface area contributed by atoms with Gasteiger partial charge in [-0.25, -0.2) is 0 Å². The second kappa shape index (κ2) is 8.92. The van der Waals surface area contributed by atoms with Crippen LogP contribution in [0.25, 0.3) is 21.7 Å². The van der Waals surface area contributed by atoms with E-state index in [1.54, 1.807) is 18.2 Å². The molecule has 0 unspecified atom stereocenters. The Labute approximate surface area is 190 Å². The molecule has 31 heavy (non-hydrogen) atoms. The molecule has 0 saturated carbocycles. The number of ether oxygens (including phenoxy) is 1. The van der Waals surface area contributed by atoms with Crippen LogP contribution in [-0.2, 0) is 7.05 Å². The number of hydrogen-bond donors (Lipinski definition) is 0. The van der Waals surface area contributed by atoms with Gasteiger partial charge in [-0.05, 0) is 36.2 Å². The van der Waals surface area contributed by atoms with Gasteiger partial charge >= 0.3 is 0 Å². The van der Waals surface area contributed by atoms with Gasteiger partial charge in [0.1, 0.15) is 5.75 Å². The molecule has 4 rings (SSSR count). The molecule has 0 saturated heterocycles. The monoisotopic (exact) mass is 448 g/mol. The molecule has 0 spiro atoms. The van der Waals surface area contributed by atoms with Crippen LogP contribution in [0.15, 0.2) is 77.8 Å². The lowest BCUT2D eigenvalue weighted by Crippen LogP contribution is -2.14. The lowest BCUT2D eigenvalue weighted by atomic mass is 10.1. The molecule has 0 bridgehead atoms. The average Bonchev–Trinajstić information content (AvgIpc) is 3.11. The zero-order valence-electron chi connectivity index (χ0n) is 17.4. The molecule has 4 aromatic rings. The van der Waals surface area contributed by atoms with Crippen LogP contribution in [0, 0.1) is 6.92 Å². The van der Waals surface area contributed by atoms with Gasteiger partial charge < -0.3 is 9.30 Å². The summed E-state index contributed by atoms with van der Waals surface area (Å²) in [7, 11) is 3.45. The molecule has 0 aliphatic rings. The molecule has 0 fully saturated rings. The molecule has 0 aliphatic carbocycles. The number of carbonyl (C=O) groups is 1. The van der Waals surface area contributed by atoms with Crippen molar-refractivity contribution in [1.82, 2.24) is 4.57 Å². The van der Waals surface area contributed by atoms with Gasteiger partial charge in [-0.15, -0.1) is 0 Å². The predicted octanol–water partition coefficient (Wildman–Crippen LogP) is 6.13. The van der Waals surface area contributed by atoms with Crippen LogP contribution in [0.3, 0.4) is 0 Å². The maximum atomic E-state index is 13.0. The van der Waals surface area contributed by atoms with Crippen molar-refractivity contribution in [3.05, 3.63) is 93.7 Å². The average molecular weight is 449 g/mol. The van der Waals surface area contributed by atoms with Gasteiger partial charge in [0.05, 0.1) is 23.2 Å². The lowest BCUT2D eigenvalue weighted by molar-refractivity contribution is 0.0995. The van der Waals surface area contributed by atoms with Crippen LogP contribution in [0.4, 0.5) is 0 Å². The Morgan fingerprint density at radius 3 is 2.39 bits per heavy atom. The van der Waals surface area contributed by atoms with Crippen molar-refractivity contribution in [2.75, 3.05) is 7.11 Å². The first-order valence-electron chi connectivity index (χ1n) is 9.73. The first-order chi connectivity index (χ1) is 15.0. The van der Waals surface area contributed by atoms with Gasteiger partial charge in [0.15, 0.2) is 4.80 Å². The number of carbonyl (C=O) groups excluding carboxylic acids is 1. The summed E-state index contributed by atoms with van der Waals surface area (Å²) in [5, 5.41) is 0.459. The van der Waals surface area contributed by atoms with E-state index in [1.807, 2.05) is 29.8 Å². The maximum absolute atomic E-state index is 13.0. The van der Waals surface area contributed by atoms with E-state index >= 15 is 0 Å². The Kier molecular flexibility index (Phi) is 6.07. The molecule has 0 N–H and O–H groups in total. The van der Waals surface area contributed by atoms with Gasteiger partial charge in [0.25, 0.3) is 5.91 Å². The molecule has 0 aliphatic heterocycles. The molecular formula is C25H21ClN2O2S. The SMILES string of the molecule is COc1ccc(Cl)cc1C(=O)N=c1sc(-c2ccccc2)c(-c2ccc(C)cc2)n1C. The second-order valence-electron chi connectivity index (χ2n) is 7.11. The third kappa shape index (κ3) is 4.33. The molecule has 1 aromatic heterocycles. The number of rotatable bonds is 4. The molecule has 0 radical (unpaired) electrons. The highest BCUT2D eigenvalue weighted by Gasteiger charge is 2.17. The Balaban J connectivity index is 1.91. The number of benzene rings is 3. The quantitative estimate of drug-likeness (QED) is 0.376. The van der Waals surface area contributed by atoms with Crippen LogP contribution in [0.5, 0.6) is 5.75 Å². The van der Waals surface area contributed by atoms with Crippen molar-refractivity contribution in [3.63, 3.8) is 0 Å². The van der Waals surface area contributed by atoms with E-state index in [2.05, 4.69) is 48.3 Å². The van der Waals surface area contributed by atoms with Crippen molar-refractivity contribution in [1.29, 1.82) is 0 Å². The van der Waals surface area contributed by atoms with Gasteiger partial charge in [-0.2, -0.15) is 4.99 Å². The molecular weight excluding hydrogens is 428 g/mol. The Bertz CT molecular complexity index is 1310. The number of methoxy groups -OCH3 is 1. The molecule has 3 aromatic carbocycles. The first kappa shape index (κ1) is 21.1. The highest BCUT2D eigenvalue weighted by atomic mass is 35.5. The predicted molar refractivity (Wildman–Crippen MR) is 127 cm³/mol. The molecule has 4 nitrogen and oxygen atoms in total. The van der Waals surface area contributed by atoms with E-state index in [0.717, 1.165) is 21.7 Å². The van der Waals surface area contributed by atoms with E-state index in [4.69, 9.17) is 16.3 Å². The minimum Gasteiger partial charge on any atom is -0.496 e. The molecule has 156 valence electrons. The van der Waals surface area contributed by atoms with Crippen LogP contribution in [0.2, 0.25) is 5.02 Å². The van der Waals surface area contributed by atoms with Crippen LogP contribution >= 0.6 is 22.9 Å². The summed E-state index contributed by atoms with van der Waals surface area (Å²) in [5.74, 6) is 0.0469. The van der Waals surface area contributed by atoms with E-state index in [-0.39, 0.29) is 0 Å². The van der Waals surface area contributed by atoms with Gasteiger partial charge in [-0.1, -0.05) is 83.1 Å². The van der Waals surface area contributed by atoms with Crippen LogP contribution in [0.1, 0.15) is 15.9 Å². The highest BCUT2D eigenvalue weighted by Crippen LogP contribution is 2.34. The number of thiazole rings is 1. The molecule has 6 heteroatoms. The third-order valence-corrected chi connectivity index (χ3v) is 6.40. The molecule has 0 atom stereocenters. The summed E-state index contributed by atoms with van der Waals surface area (Å²) in [6.45, 7) is 2.06. The third-order valence-electron chi connectivity index (χ3n) is 4.98. The Morgan fingerprint density at radius 1 is 1.00 bits per heavy atom. The minimum atomic E-state index is -0.397. The van der Waals surface area contributed by atoms with Crippen molar-refractivity contribution in [2.45, 2.75) is 6.92 Å². The van der Waals surface area contributed by atoms with Crippen molar-refractivity contribution in [2.24, 2.45) is 12.0 Å². The van der Waals surface area contributed by atoms with Crippen molar-refractivity contribution in [3.8, 4) is 27.4 Å². The van der Waals surface area contributed by atoms with E-state index < -0.39 is 5.91 Å². The van der Waals surface area contributed by atoms with Crippen LogP contribution < -0.4 is 9.54 Å². The van der Waals surface area contributed by atoms with Gasteiger partial charge in [-0.3, -0.25) is 4.79 Å². The number of nitrogens with zero attached hydrogens (tertiary/aromatic N) is 2. The van der Waals surface area contributed by atoms with E-state index in [9.17, 15) is 4.79 Å². The van der Waals surface area contributed by atoms with Crippen molar-refractivity contribution >= 4 is 28.8 Å². The van der Waals surface area contributed by atoms with Crippen molar-refractivity contribution < 1.29 is 9.53 Å². The van der Waals surface area contributed by atoms with Crippen LogP contribution in [-0.4, -0.2) is 17.6 Å². The number of hydrogen-bond acceptors (Lipinski definition) is 3. The smallest absolute Gasteiger partial charge is 0.283 e. The summed E-state index contributed by atoms with van der Waals surface area (Å²) >= 11 is 7.58. The largest absolute Gasteiger partial charge is 0.496 e. The summed E-state index contributed by atoms with van der Waals surface area (Å²) in [4.78, 5) is 19.1. The number of amides is 1. The maximum Gasteiger partial charge on any atom is 0.283 e. The topological polar surface area (TPSA) is 43.6 Å². The normalized spacial score (nSPS) is 11.5. The number of halogens is 1. The number of aromatic nitrogens is 1. The fourth-order valence-corrected chi connectivity index (χ4v) is 4.69. The summed E-state index contributed by atoms with van der Waals surface area (Å²) in [6.07, 6.45) is 0. The highest BCUT2D eigenvalue weighted by molar-refractivity contribution is 7.13. The Morgan fingerprint density at radius 2 is 1.71 bits per heavy atom. The standard InChI is InChI=1S/C25H21ClN2O2S/c1-16-9-11-17(12-10-16)22-23(18-7-5-4-6-8-18)31-25(28(22)2)27-24(29)20-15-19(26)13-14-21(20)30-3/h4-15H,1-3H3. The Hall–Kier alpha value is -3.15. The van der Waals surface area contributed by atoms with E-state index in [0.29, 0.717) is 21.1 Å². The number of aryl methyl sites for hydroxylation is 1. The van der Waals surface area contributed by atoms with Gasteiger partial charge in [0.2, 0.25) is 0 Å². The van der Waals surface area contributed by atoms with E-state index in [1.165, 1.54) is 24.0 Å². The second-order valence-corrected chi connectivity index (χ2v) is 8.53. The molecule has 1 amide bonds. The molecule has 1 heterocycles. The lowest BCUT2D eigenvalue weighted by Gasteiger charge is -2.08. The first-order valence-corrected chi connectivity index (χ1v) is 10.9. The summed E-state index contributed by atoms with van der Waals surface area (Å²) in [6, 6.07) is 23.4. The summed E-state index contributed by atoms with van der Waals surface area (Å²) in [5.41, 5.74) is 4.68. The minimum absolute atomic E-state index is 0.335. The fraction of sp³-hybridized carbons (Fsp3) is 0.120. The fourth-order valence-electron chi connectivity index (χ4n) is 3.37. The zero-order chi connectivity index (χ0) is 22.0. The summed E-state index contributed by atoms with van der Waals surface area (Å²) < 4.78 is 7.29. The van der Waals surface area contributed by atoms with Gasteiger partial charge in [0, 0.05) is 12.1 Å². The zero-order valence-corrected chi connectivity index (χ0v) is 19.0.